The summed E-state index contributed by atoms with van der Waals surface area (Å²) in [4.78, 5) is 22.3. The van der Waals surface area contributed by atoms with Crippen molar-refractivity contribution in [2.45, 2.75) is 12.3 Å². The first-order valence-corrected chi connectivity index (χ1v) is 7.24. The Balaban J connectivity index is 1.64. The molecule has 1 aliphatic rings. The molecule has 1 aliphatic carbocycles. The standard InChI is InChI=1S/C16H13ClN2O3/c17-15-4-2-1-3-12(15)13-9-14(13)16(20)18-10-5-7-11(8-6-10)19(21)22/h1-8,13-14H,9H2,(H,18,20). The van der Waals surface area contributed by atoms with Crippen LogP contribution in [0.25, 0.3) is 0 Å². The van der Waals surface area contributed by atoms with Gasteiger partial charge in [-0.05, 0) is 36.1 Å². The van der Waals surface area contributed by atoms with E-state index in [1.54, 1.807) is 0 Å². The number of nitrogens with zero attached hydrogens (tertiary/aromatic N) is 1. The molecule has 0 aliphatic heterocycles. The molecule has 1 saturated carbocycles. The highest BCUT2D eigenvalue weighted by atomic mass is 35.5. The topological polar surface area (TPSA) is 72.2 Å². The van der Waals surface area contributed by atoms with Crippen molar-refractivity contribution < 1.29 is 9.72 Å². The van der Waals surface area contributed by atoms with Crippen LogP contribution in [-0.4, -0.2) is 10.8 Å². The number of halogens is 1. The zero-order valence-corrected chi connectivity index (χ0v) is 12.3. The van der Waals surface area contributed by atoms with Crippen LogP contribution in [0.3, 0.4) is 0 Å². The van der Waals surface area contributed by atoms with E-state index in [4.69, 9.17) is 11.6 Å². The maximum atomic E-state index is 12.2. The zero-order valence-electron chi connectivity index (χ0n) is 11.5. The van der Waals surface area contributed by atoms with Gasteiger partial charge in [0, 0.05) is 28.8 Å². The van der Waals surface area contributed by atoms with Gasteiger partial charge in [0.05, 0.1) is 4.92 Å². The van der Waals surface area contributed by atoms with Gasteiger partial charge in [0.2, 0.25) is 5.91 Å². The van der Waals surface area contributed by atoms with Crippen molar-refractivity contribution in [2.24, 2.45) is 5.92 Å². The number of hydrogen-bond donors (Lipinski definition) is 1. The molecule has 2 unspecified atom stereocenters. The number of anilines is 1. The molecule has 2 atom stereocenters. The van der Waals surface area contributed by atoms with Crippen molar-refractivity contribution in [3.8, 4) is 0 Å². The number of non-ortho nitro benzene ring substituents is 1. The van der Waals surface area contributed by atoms with Crippen LogP contribution in [-0.2, 0) is 4.79 Å². The van der Waals surface area contributed by atoms with Crippen molar-refractivity contribution in [2.75, 3.05) is 5.32 Å². The highest BCUT2D eigenvalue weighted by molar-refractivity contribution is 6.31. The summed E-state index contributed by atoms with van der Waals surface area (Å²) in [5.74, 6) is -0.0411. The summed E-state index contributed by atoms with van der Waals surface area (Å²) in [6, 6.07) is 13.3. The lowest BCUT2D eigenvalue weighted by Crippen LogP contribution is -2.14. The number of nitro groups is 1. The number of carbonyl (C=O) groups excluding carboxylic acids is 1. The summed E-state index contributed by atoms with van der Waals surface area (Å²) in [6.45, 7) is 0. The van der Waals surface area contributed by atoms with Crippen LogP contribution in [0.15, 0.2) is 48.5 Å². The van der Waals surface area contributed by atoms with Gasteiger partial charge >= 0.3 is 0 Å². The summed E-state index contributed by atoms with van der Waals surface area (Å²) in [5, 5.41) is 14.1. The average molecular weight is 317 g/mol. The summed E-state index contributed by atoms with van der Waals surface area (Å²) in [5.41, 5.74) is 1.55. The minimum atomic E-state index is -0.472. The molecule has 22 heavy (non-hydrogen) atoms. The van der Waals surface area contributed by atoms with E-state index in [0.717, 1.165) is 12.0 Å². The highest BCUT2D eigenvalue weighted by Crippen LogP contribution is 2.49. The van der Waals surface area contributed by atoms with E-state index in [2.05, 4.69) is 5.32 Å². The lowest BCUT2D eigenvalue weighted by molar-refractivity contribution is -0.384. The van der Waals surface area contributed by atoms with Crippen LogP contribution >= 0.6 is 11.6 Å². The van der Waals surface area contributed by atoms with Gasteiger partial charge < -0.3 is 5.32 Å². The van der Waals surface area contributed by atoms with Crippen LogP contribution in [0.5, 0.6) is 0 Å². The van der Waals surface area contributed by atoms with E-state index >= 15 is 0 Å². The highest BCUT2D eigenvalue weighted by Gasteiger charge is 2.44. The van der Waals surface area contributed by atoms with E-state index < -0.39 is 4.92 Å². The minimum Gasteiger partial charge on any atom is -0.326 e. The first kappa shape index (κ1) is 14.5. The van der Waals surface area contributed by atoms with Gasteiger partial charge in [0.25, 0.3) is 5.69 Å². The van der Waals surface area contributed by atoms with E-state index in [9.17, 15) is 14.9 Å². The van der Waals surface area contributed by atoms with E-state index in [0.29, 0.717) is 10.7 Å². The Morgan fingerprint density at radius 2 is 1.86 bits per heavy atom. The molecular formula is C16H13ClN2O3. The summed E-state index contributed by atoms with van der Waals surface area (Å²) >= 11 is 6.14. The Morgan fingerprint density at radius 3 is 2.50 bits per heavy atom. The molecule has 1 N–H and O–H groups in total. The lowest BCUT2D eigenvalue weighted by Gasteiger charge is -2.05. The molecule has 1 fully saturated rings. The molecule has 0 radical (unpaired) electrons. The molecule has 1 amide bonds. The van der Waals surface area contributed by atoms with Crippen LogP contribution in [0, 0.1) is 16.0 Å². The second-order valence-electron chi connectivity index (χ2n) is 5.26. The number of rotatable bonds is 4. The van der Waals surface area contributed by atoms with Gasteiger partial charge in [-0.15, -0.1) is 0 Å². The Hall–Kier alpha value is -2.40. The second-order valence-corrected chi connectivity index (χ2v) is 5.67. The molecule has 0 heterocycles. The third-order valence-electron chi connectivity index (χ3n) is 3.78. The van der Waals surface area contributed by atoms with Gasteiger partial charge in [-0.1, -0.05) is 29.8 Å². The Morgan fingerprint density at radius 1 is 1.18 bits per heavy atom. The number of nitrogens with one attached hydrogen (secondary N) is 1. The molecule has 112 valence electrons. The van der Waals surface area contributed by atoms with Crippen molar-refractivity contribution in [3.05, 3.63) is 69.2 Å². The van der Waals surface area contributed by atoms with Gasteiger partial charge in [-0.3, -0.25) is 14.9 Å². The zero-order chi connectivity index (χ0) is 15.7. The van der Waals surface area contributed by atoms with E-state index in [-0.39, 0.29) is 23.4 Å². The quantitative estimate of drug-likeness (QED) is 0.684. The normalized spacial score (nSPS) is 19.5. The first-order valence-electron chi connectivity index (χ1n) is 6.86. The van der Waals surface area contributed by atoms with Gasteiger partial charge in [-0.2, -0.15) is 0 Å². The van der Waals surface area contributed by atoms with Gasteiger partial charge in [0.15, 0.2) is 0 Å². The van der Waals surface area contributed by atoms with E-state index in [1.807, 2.05) is 24.3 Å². The fourth-order valence-electron chi connectivity index (χ4n) is 2.51. The second kappa shape index (κ2) is 5.77. The number of benzene rings is 2. The van der Waals surface area contributed by atoms with E-state index in [1.165, 1.54) is 24.3 Å². The maximum Gasteiger partial charge on any atom is 0.269 e. The fourth-order valence-corrected chi connectivity index (χ4v) is 2.78. The van der Waals surface area contributed by atoms with Crippen LogP contribution in [0.2, 0.25) is 5.02 Å². The average Bonchev–Trinajstić information content (AvgIpc) is 3.28. The van der Waals surface area contributed by atoms with Gasteiger partial charge in [-0.25, -0.2) is 0 Å². The largest absolute Gasteiger partial charge is 0.326 e. The Kier molecular flexibility index (Phi) is 3.81. The Bertz CT molecular complexity index is 730. The maximum absolute atomic E-state index is 12.2. The van der Waals surface area contributed by atoms with Crippen molar-refractivity contribution in [1.82, 2.24) is 0 Å². The predicted octanol–water partition coefficient (Wildman–Crippen LogP) is 3.99. The third kappa shape index (κ3) is 2.94. The molecule has 5 nitrogen and oxygen atoms in total. The molecular weight excluding hydrogens is 304 g/mol. The molecule has 3 rings (SSSR count). The van der Waals surface area contributed by atoms with Crippen molar-refractivity contribution in [1.29, 1.82) is 0 Å². The number of carbonyl (C=O) groups is 1. The molecule has 2 aromatic rings. The number of hydrogen-bond acceptors (Lipinski definition) is 3. The SMILES string of the molecule is O=C(Nc1ccc([N+](=O)[O-])cc1)C1CC1c1ccccc1Cl. The van der Waals surface area contributed by atoms with Crippen LogP contribution in [0.1, 0.15) is 17.9 Å². The smallest absolute Gasteiger partial charge is 0.269 e. The molecule has 0 bridgehead atoms. The predicted molar refractivity (Wildman–Crippen MR) is 84.0 cm³/mol. The molecule has 2 aromatic carbocycles. The summed E-state index contributed by atoms with van der Waals surface area (Å²) < 4.78 is 0. The van der Waals surface area contributed by atoms with Crippen molar-refractivity contribution >= 4 is 28.9 Å². The molecule has 0 saturated heterocycles. The van der Waals surface area contributed by atoms with Crippen LogP contribution < -0.4 is 5.32 Å². The van der Waals surface area contributed by atoms with Gasteiger partial charge in [0.1, 0.15) is 0 Å². The van der Waals surface area contributed by atoms with Crippen molar-refractivity contribution in [3.63, 3.8) is 0 Å². The molecule has 6 heteroatoms. The number of nitro benzene ring substituents is 1. The summed E-state index contributed by atoms with van der Waals surface area (Å²) in [6.07, 6.45) is 0.766. The monoisotopic (exact) mass is 316 g/mol. The lowest BCUT2D eigenvalue weighted by atomic mass is 10.1. The first-order chi connectivity index (χ1) is 10.6. The fraction of sp³-hybridized carbons (Fsp3) is 0.188. The van der Waals surface area contributed by atoms with Crippen LogP contribution in [0.4, 0.5) is 11.4 Å². The number of amides is 1. The molecule has 0 aromatic heterocycles. The summed E-state index contributed by atoms with van der Waals surface area (Å²) in [7, 11) is 0. The Labute approximate surface area is 132 Å². The minimum absolute atomic E-state index is 0.00151. The molecule has 0 spiro atoms. The third-order valence-corrected chi connectivity index (χ3v) is 4.12.